The first kappa shape index (κ1) is 18.1. The van der Waals surface area contributed by atoms with E-state index >= 15 is 0 Å². The van der Waals surface area contributed by atoms with Crippen LogP contribution in [0.15, 0.2) is 42.5 Å². The highest BCUT2D eigenvalue weighted by molar-refractivity contribution is 8.19. The Bertz CT molecular complexity index is 748. The van der Waals surface area contributed by atoms with Crippen LogP contribution in [0, 0.1) is 12.7 Å². The van der Waals surface area contributed by atoms with Crippen molar-refractivity contribution in [2.45, 2.75) is 18.1 Å². The number of halogens is 1. The van der Waals surface area contributed by atoms with E-state index < -0.39 is 0 Å². The van der Waals surface area contributed by atoms with Gasteiger partial charge in [0.05, 0.1) is 4.58 Å². The molecular weight excluding hydrogens is 357 g/mol. The minimum Gasteiger partial charge on any atom is -0.483 e. The number of hydrogen-bond acceptors (Lipinski definition) is 4. The summed E-state index contributed by atoms with van der Waals surface area (Å²) in [6.45, 7) is 2.04. The molecule has 2 aromatic rings. The molecule has 1 aliphatic heterocycles. The molecule has 2 aromatic carbocycles. The van der Waals surface area contributed by atoms with Crippen LogP contribution in [0.4, 0.5) is 4.39 Å². The summed E-state index contributed by atoms with van der Waals surface area (Å²) < 4.78 is 19.4. The largest absolute Gasteiger partial charge is 0.483 e. The predicted octanol–water partition coefficient (Wildman–Crippen LogP) is 4.31. The number of rotatable bonds is 6. The number of thioether (sulfide) groups is 2. The fourth-order valence-electron chi connectivity index (χ4n) is 2.56. The standard InChI is InChI=1S/C19H20FNO2S2/c1-13-10-14(6-7-16(13)20)11-21-18(22)12-23-17-5-3-2-4-15(17)19-24-8-9-25-19/h2-7,10,19H,8-9,11-12H2,1H3,(H,21,22). The maximum absolute atomic E-state index is 13.3. The van der Waals surface area contributed by atoms with E-state index in [0.29, 0.717) is 16.7 Å². The van der Waals surface area contributed by atoms with Crippen LogP contribution in [0.25, 0.3) is 0 Å². The predicted molar refractivity (Wildman–Crippen MR) is 103 cm³/mol. The minimum absolute atomic E-state index is 0.0285. The molecule has 3 nitrogen and oxygen atoms in total. The molecule has 1 amide bonds. The molecule has 132 valence electrons. The lowest BCUT2D eigenvalue weighted by Gasteiger charge is -2.15. The van der Waals surface area contributed by atoms with Crippen molar-refractivity contribution in [3.05, 3.63) is 65.0 Å². The van der Waals surface area contributed by atoms with Gasteiger partial charge in [-0.1, -0.05) is 30.3 Å². The van der Waals surface area contributed by atoms with Gasteiger partial charge in [-0.15, -0.1) is 23.5 Å². The summed E-state index contributed by atoms with van der Waals surface area (Å²) in [6, 6.07) is 12.7. The van der Waals surface area contributed by atoms with Gasteiger partial charge in [0.2, 0.25) is 0 Å². The van der Waals surface area contributed by atoms with Crippen LogP contribution in [-0.2, 0) is 11.3 Å². The average molecular weight is 378 g/mol. The molecule has 25 heavy (non-hydrogen) atoms. The molecule has 0 unspecified atom stereocenters. The zero-order chi connectivity index (χ0) is 17.6. The summed E-state index contributed by atoms with van der Waals surface area (Å²) in [7, 11) is 0. The second-order valence-electron chi connectivity index (χ2n) is 5.76. The molecule has 0 aromatic heterocycles. The number of amides is 1. The van der Waals surface area contributed by atoms with Gasteiger partial charge < -0.3 is 10.1 Å². The van der Waals surface area contributed by atoms with E-state index in [-0.39, 0.29) is 18.3 Å². The van der Waals surface area contributed by atoms with Crippen molar-refractivity contribution >= 4 is 29.4 Å². The quantitative estimate of drug-likeness (QED) is 0.814. The Hall–Kier alpha value is -1.66. The van der Waals surface area contributed by atoms with Gasteiger partial charge in [0, 0.05) is 23.6 Å². The zero-order valence-electron chi connectivity index (χ0n) is 14.0. The number of nitrogens with one attached hydrogen (secondary N) is 1. The molecule has 0 aliphatic carbocycles. The van der Waals surface area contributed by atoms with Gasteiger partial charge in [-0.3, -0.25) is 4.79 Å². The molecule has 1 N–H and O–H groups in total. The Kier molecular flexibility index (Phi) is 6.26. The lowest BCUT2D eigenvalue weighted by atomic mass is 10.1. The zero-order valence-corrected chi connectivity index (χ0v) is 15.6. The minimum atomic E-state index is -0.238. The van der Waals surface area contributed by atoms with Gasteiger partial charge in [0.25, 0.3) is 5.91 Å². The normalized spacial score (nSPS) is 14.5. The second-order valence-corrected chi connectivity index (χ2v) is 8.48. The number of carbonyl (C=O) groups is 1. The van der Waals surface area contributed by atoms with Crippen LogP contribution in [0.1, 0.15) is 21.3 Å². The Morgan fingerprint density at radius 3 is 2.76 bits per heavy atom. The van der Waals surface area contributed by atoms with E-state index in [0.717, 1.165) is 28.4 Å². The van der Waals surface area contributed by atoms with Crippen molar-refractivity contribution in [2.24, 2.45) is 0 Å². The Morgan fingerprint density at radius 2 is 2.00 bits per heavy atom. The first-order valence-corrected chi connectivity index (χ1v) is 10.2. The number of carbonyl (C=O) groups excluding carboxylic acids is 1. The number of aryl methyl sites for hydroxylation is 1. The van der Waals surface area contributed by atoms with Crippen LogP contribution < -0.4 is 10.1 Å². The summed E-state index contributed by atoms with van der Waals surface area (Å²) in [4.78, 5) is 12.1. The molecule has 0 atom stereocenters. The number of para-hydroxylation sites is 1. The van der Waals surface area contributed by atoms with E-state index in [4.69, 9.17) is 4.74 Å². The molecule has 1 aliphatic rings. The lowest BCUT2D eigenvalue weighted by molar-refractivity contribution is -0.123. The second kappa shape index (κ2) is 8.63. The molecule has 0 bridgehead atoms. The molecule has 6 heteroatoms. The highest BCUT2D eigenvalue weighted by Crippen LogP contribution is 2.48. The summed E-state index contributed by atoms with van der Waals surface area (Å²) in [5, 5.41) is 2.81. The van der Waals surface area contributed by atoms with Gasteiger partial charge >= 0.3 is 0 Å². The molecule has 1 heterocycles. The third kappa shape index (κ3) is 4.92. The van der Waals surface area contributed by atoms with Crippen molar-refractivity contribution in [2.75, 3.05) is 18.1 Å². The smallest absolute Gasteiger partial charge is 0.258 e. The highest BCUT2D eigenvalue weighted by Gasteiger charge is 2.21. The Morgan fingerprint density at radius 1 is 1.24 bits per heavy atom. The molecule has 0 saturated carbocycles. The summed E-state index contributed by atoms with van der Waals surface area (Å²) >= 11 is 3.81. The third-order valence-corrected chi connectivity index (χ3v) is 6.93. The summed E-state index contributed by atoms with van der Waals surface area (Å²) in [5.74, 6) is 2.62. The van der Waals surface area contributed by atoms with Crippen LogP contribution >= 0.6 is 23.5 Å². The average Bonchev–Trinajstić information content (AvgIpc) is 3.15. The maximum atomic E-state index is 13.3. The van der Waals surface area contributed by atoms with E-state index in [1.165, 1.54) is 6.07 Å². The van der Waals surface area contributed by atoms with Gasteiger partial charge in [0.15, 0.2) is 6.61 Å². The fraction of sp³-hybridized carbons (Fsp3) is 0.316. The topological polar surface area (TPSA) is 38.3 Å². The molecule has 1 fully saturated rings. The first-order chi connectivity index (χ1) is 12.1. The van der Waals surface area contributed by atoms with Gasteiger partial charge in [-0.05, 0) is 30.2 Å². The van der Waals surface area contributed by atoms with E-state index in [1.807, 2.05) is 41.7 Å². The first-order valence-electron chi connectivity index (χ1n) is 8.10. The van der Waals surface area contributed by atoms with E-state index in [2.05, 4.69) is 11.4 Å². The van der Waals surface area contributed by atoms with Crippen molar-refractivity contribution < 1.29 is 13.9 Å². The number of hydrogen-bond donors (Lipinski definition) is 1. The molecule has 3 rings (SSSR count). The van der Waals surface area contributed by atoms with Crippen molar-refractivity contribution in [3.8, 4) is 5.75 Å². The SMILES string of the molecule is Cc1cc(CNC(=O)COc2ccccc2C2SCCS2)ccc1F. The van der Waals surface area contributed by atoms with Crippen LogP contribution in [0.3, 0.4) is 0 Å². The Balaban J connectivity index is 1.53. The van der Waals surface area contributed by atoms with Crippen LogP contribution in [-0.4, -0.2) is 24.0 Å². The highest BCUT2D eigenvalue weighted by atomic mass is 32.2. The van der Waals surface area contributed by atoms with Gasteiger partial charge in [-0.2, -0.15) is 0 Å². The number of ether oxygens (including phenoxy) is 1. The van der Waals surface area contributed by atoms with E-state index in [9.17, 15) is 9.18 Å². The van der Waals surface area contributed by atoms with Gasteiger partial charge in [0.1, 0.15) is 11.6 Å². The lowest BCUT2D eigenvalue weighted by Crippen LogP contribution is -2.28. The summed E-state index contributed by atoms with van der Waals surface area (Å²) in [5.41, 5.74) is 2.58. The third-order valence-electron chi connectivity index (χ3n) is 3.87. The van der Waals surface area contributed by atoms with Crippen LogP contribution in [0.2, 0.25) is 0 Å². The maximum Gasteiger partial charge on any atom is 0.258 e. The van der Waals surface area contributed by atoms with Crippen LogP contribution in [0.5, 0.6) is 5.75 Å². The van der Waals surface area contributed by atoms with Crippen molar-refractivity contribution in [1.29, 1.82) is 0 Å². The Labute approximate surface area is 155 Å². The molecule has 0 radical (unpaired) electrons. The van der Waals surface area contributed by atoms with Crippen molar-refractivity contribution in [1.82, 2.24) is 5.32 Å². The van der Waals surface area contributed by atoms with Crippen molar-refractivity contribution in [3.63, 3.8) is 0 Å². The molecule has 0 spiro atoms. The van der Waals surface area contributed by atoms with E-state index in [1.54, 1.807) is 19.1 Å². The molecular formula is C19H20FNO2S2. The van der Waals surface area contributed by atoms with Gasteiger partial charge in [-0.25, -0.2) is 4.39 Å². The monoisotopic (exact) mass is 377 g/mol. The number of benzene rings is 2. The molecule has 1 saturated heterocycles. The fourth-order valence-corrected chi connectivity index (χ4v) is 5.47. The summed E-state index contributed by atoms with van der Waals surface area (Å²) in [6.07, 6.45) is 0.